The highest BCUT2D eigenvalue weighted by Gasteiger charge is 2.20. The van der Waals surface area contributed by atoms with Gasteiger partial charge in [0.25, 0.3) is 5.56 Å². The molecule has 1 N–H and O–H groups in total. The topological polar surface area (TPSA) is 37.8 Å². The van der Waals surface area contributed by atoms with Crippen molar-refractivity contribution in [2.75, 3.05) is 0 Å². The lowest BCUT2D eigenvalue weighted by Gasteiger charge is -2.24. The Kier molecular flexibility index (Phi) is 2.98. The van der Waals surface area contributed by atoms with Crippen molar-refractivity contribution >= 4 is 0 Å². The zero-order valence-electron chi connectivity index (χ0n) is 9.62. The fraction of sp³-hybridized carbons (Fsp3) is 0.750. The van der Waals surface area contributed by atoms with Crippen LogP contribution in [0.5, 0.6) is 0 Å². The predicted molar refractivity (Wildman–Crippen MR) is 61.3 cm³/mol. The van der Waals surface area contributed by atoms with Crippen molar-refractivity contribution in [3.63, 3.8) is 0 Å². The van der Waals surface area contributed by atoms with Crippen molar-refractivity contribution in [2.45, 2.75) is 57.9 Å². The molecule has 3 heteroatoms. The highest BCUT2D eigenvalue weighted by atomic mass is 16.1. The average molecular weight is 208 g/mol. The van der Waals surface area contributed by atoms with Gasteiger partial charge in [0.2, 0.25) is 0 Å². The van der Waals surface area contributed by atoms with Crippen LogP contribution in [0.3, 0.4) is 0 Å². The molecule has 1 aliphatic rings. The average Bonchev–Trinajstić information content (AvgIpc) is 2.62. The minimum atomic E-state index is 0.0456. The molecule has 1 aromatic rings. The van der Waals surface area contributed by atoms with E-state index in [0.29, 0.717) is 12.0 Å². The Balaban J connectivity index is 2.29. The fourth-order valence-corrected chi connectivity index (χ4v) is 2.56. The highest BCUT2D eigenvalue weighted by molar-refractivity contribution is 5.09. The van der Waals surface area contributed by atoms with Crippen LogP contribution in [0.4, 0.5) is 0 Å². The van der Waals surface area contributed by atoms with Gasteiger partial charge in [-0.3, -0.25) is 14.6 Å². The Morgan fingerprint density at radius 3 is 2.60 bits per heavy atom. The number of nitrogens with zero attached hydrogens (tertiary/aromatic N) is 1. The fourth-order valence-electron chi connectivity index (χ4n) is 2.56. The number of aromatic nitrogens is 2. The quantitative estimate of drug-likeness (QED) is 0.797. The molecule has 0 bridgehead atoms. The number of hydrogen-bond acceptors (Lipinski definition) is 1. The number of hydrogen-bond donors (Lipinski definition) is 1. The van der Waals surface area contributed by atoms with E-state index in [1.165, 1.54) is 37.8 Å². The minimum Gasteiger partial charge on any atom is -0.286 e. The lowest BCUT2D eigenvalue weighted by molar-refractivity contribution is 0.401. The summed E-state index contributed by atoms with van der Waals surface area (Å²) in [7, 11) is 0. The van der Waals surface area contributed by atoms with E-state index in [1.807, 2.05) is 4.68 Å². The zero-order chi connectivity index (χ0) is 10.8. The van der Waals surface area contributed by atoms with E-state index < -0.39 is 0 Å². The Morgan fingerprint density at radius 2 is 2.00 bits per heavy atom. The van der Waals surface area contributed by atoms with Crippen LogP contribution in [0.25, 0.3) is 0 Å². The van der Waals surface area contributed by atoms with Gasteiger partial charge in [-0.15, -0.1) is 0 Å². The third-order valence-electron chi connectivity index (χ3n) is 3.33. The Morgan fingerprint density at radius 1 is 1.33 bits per heavy atom. The standard InChI is InChI=1S/C12H20N2O/c1-9(2)14-11(8-12(15)13-14)10-6-4-3-5-7-10/h8-10H,3-7H2,1-2H3,(H,13,15). The zero-order valence-corrected chi connectivity index (χ0v) is 9.62. The molecular weight excluding hydrogens is 188 g/mol. The van der Waals surface area contributed by atoms with Crippen LogP contribution in [0.1, 0.15) is 63.6 Å². The van der Waals surface area contributed by atoms with Crippen LogP contribution in [0.15, 0.2) is 10.9 Å². The Hall–Kier alpha value is -0.990. The lowest BCUT2D eigenvalue weighted by Crippen LogP contribution is -2.14. The van der Waals surface area contributed by atoms with Gasteiger partial charge in [-0.25, -0.2) is 0 Å². The lowest BCUT2D eigenvalue weighted by atomic mass is 9.87. The third-order valence-corrected chi connectivity index (χ3v) is 3.33. The molecule has 1 aliphatic carbocycles. The molecule has 1 heterocycles. The van der Waals surface area contributed by atoms with Gasteiger partial charge in [-0.2, -0.15) is 0 Å². The summed E-state index contributed by atoms with van der Waals surface area (Å²) >= 11 is 0. The molecule has 0 unspecified atom stereocenters. The van der Waals surface area contributed by atoms with Crippen molar-refractivity contribution in [1.82, 2.24) is 9.78 Å². The second kappa shape index (κ2) is 4.25. The number of rotatable bonds is 2. The monoisotopic (exact) mass is 208 g/mol. The number of nitrogens with one attached hydrogen (secondary N) is 1. The molecule has 3 nitrogen and oxygen atoms in total. The molecule has 0 spiro atoms. The molecule has 0 atom stereocenters. The van der Waals surface area contributed by atoms with Crippen molar-refractivity contribution in [1.29, 1.82) is 0 Å². The Bertz CT molecular complexity index is 369. The van der Waals surface area contributed by atoms with Crippen molar-refractivity contribution in [3.05, 3.63) is 22.1 Å². The number of H-pyrrole nitrogens is 1. The molecule has 1 fully saturated rings. The van der Waals surface area contributed by atoms with Gasteiger partial charge >= 0.3 is 0 Å². The van der Waals surface area contributed by atoms with E-state index in [0.717, 1.165) is 0 Å². The smallest absolute Gasteiger partial charge is 0.264 e. The minimum absolute atomic E-state index is 0.0456. The first kappa shape index (κ1) is 10.5. The summed E-state index contributed by atoms with van der Waals surface area (Å²) in [6.07, 6.45) is 6.45. The van der Waals surface area contributed by atoms with Gasteiger partial charge in [-0.05, 0) is 26.7 Å². The van der Waals surface area contributed by atoms with Gasteiger partial charge in [0.15, 0.2) is 0 Å². The third kappa shape index (κ3) is 2.16. The molecule has 0 aliphatic heterocycles. The predicted octanol–water partition coefficient (Wildman–Crippen LogP) is 2.81. The summed E-state index contributed by atoms with van der Waals surface area (Å²) in [6, 6.07) is 2.14. The summed E-state index contributed by atoms with van der Waals surface area (Å²) in [6.45, 7) is 4.23. The second-order valence-corrected chi connectivity index (χ2v) is 4.84. The van der Waals surface area contributed by atoms with Crippen LogP contribution in [-0.2, 0) is 0 Å². The maximum absolute atomic E-state index is 11.4. The van der Waals surface area contributed by atoms with Gasteiger partial charge in [0.1, 0.15) is 0 Å². The molecule has 1 aromatic heterocycles. The van der Waals surface area contributed by atoms with Crippen LogP contribution in [-0.4, -0.2) is 9.78 Å². The maximum atomic E-state index is 11.4. The SMILES string of the molecule is CC(C)n1[nH]c(=O)cc1C1CCCCC1. The first-order chi connectivity index (χ1) is 7.18. The molecule has 0 radical (unpaired) electrons. The van der Waals surface area contributed by atoms with Crippen molar-refractivity contribution in [2.24, 2.45) is 0 Å². The largest absolute Gasteiger partial charge is 0.286 e. The molecule has 0 aromatic carbocycles. The first-order valence-electron chi connectivity index (χ1n) is 6.00. The van der Waals surface area contributed by atoms with Crippen LogP contribution in [0, 0.1) is 0 Å². The molecule has 0 amide bonds. The summed E-state index contributed by atoms with van der Waals surface area (Å²) in [4.78, 5) is 11.4. The van der Waals surface area contributed by atoms with Gasteiger partial charge in [0.05, 0.1) is 0 Å². The van der Waals surface area contributed by atoms with E-state index >= 15 is 0 Å². The Labute approximate surface area is 90.5 Å². The molecule has 0 saturated heterocycles. The molecule has 1 saturated carbocycles. The van der Waals surface area contributed by atoms with E-state index in [4.69, 9.17) is 0 Å². The number of aromatic amines is 1. The molecule has 84 valence electrons. The van der Waals surface area contributed by atoms with Gasteiger partial charge < -0.3 is 0 Å². The normalized spacial score (nSPS) is 18.6. The second-order valence-electron chi connectivity index (χ2n) is 4.84. The van der Waals surface area contributed by atoms with E-state index in [9.17, 15) is 4.79 Å². The van der Waals surface area contributed by atoms with E-state index in [-0.39, 0.29) is 5.56 Å². The first-order valence-corrected chi connectivity index (χ1v) is 6.00. The summed E-state index contributed by atoms with van der Waals surface area (Å²) in [5, 5.41) is 2.90. The maximum Gasteiger partial charge on any atom is 0.264 e. The van der Waals surface area contributed by atoms with Crippen molar-refractivity contribution in [3.8, 4) is 0 Å². The summed E-state index contributed by atoms with van der Waals surface area (Å²) in [5.74, 6) is 0.597. The van der Waals surface area contributed by atoms with E-state index in [2.05, 4.69) is 18.9 Å². The molecule has 15 heavy (non-hydrogen) atoms. The summed E-state index contributed by atoms with van der Waals surface area (Å²) < 4.78 is 2.04. The van der Waals surface area contributed by atoms with Crippen LogP contribution in [0.2, 0.25) is 0 Å². The highest BCUT2D eigenvalue weighted by Crippen LogP contribution is 2.32. The molecule has 2 rings (SSSR count). The van der Waals surface area contributed by atoms with E-state index in [1.54, 1.807) is 6.07 Å². The van der Waals surface area contributed by atoms with Gasteiger partial charge in [0, 0.05) is 23.7 Å². The molecular formula is C12H20N2O. The van der Waals surface area contributed by atoms with Crippen LogP contribution < -0.4 is 5.56 Å². The summed E-state index contributed by atoms with van der Waals surface area (Å²) in [5.41, 5.74) is 1.26. The van der Waals surface area contributed by atoms with Crippen molar-refractivity contribution < 1.29 is 0 Å². The van der Waals surface area contributed by atoms with Crippen LogP contribution >= 0.6 is 0 Å². The van der Waals surface area contributed by atoms with Gasteiger partial charge in [-0.1, -0.05) is 19.3 Å².